The summed E-state index contributed by atoms with van der Waals surface area (Å²) in [5, 5.41) is 13.3. The van der Waals surface area contributed by atoms with Crippen LogP contribution >= 0.6 is 11.8 Å². The molecule has 0 unspecified atom stereocenters. The van der Waals surface area contributed by atoms with Crippen molar-refractivity contribution in [3.63, 3.8) is 0 Å². The lowest BCUT2D eigenvalue weighted by Gasteiger charge is -2.26. The summed E-state index contributed by atoms with van der Waals surface area (Å²) in [6.45, 7) is 1.51. The largest absolute Gasteiger partial charge is 0.463 e. The fourth-order valence-electron chi connectivity index (χ4n) is 2.59. The Hall–Kier alpha value is -3.42. The second-order valence-electron chi connectivity index (χ2n) is 6.21. The van der Waals surface area contributed by atoms with Crippen LogP contribution in [0.1, 0.15) is 23.0 Å². The van der Waals surface area contributed by atoms with E-state index in [-0.39, 0.29) is 30.4 Å². The standard InChI is InChI=1S/C20H18FN5O3S/c1-20(6-9-30-19(22)26-20)14-10-13(4-5-15(14)21)25-18(28)16-11-24-17(12-23-16)29-8-3-2-7-27/h4-6,9-12,27H,7-8H2,1H3,(H2,22,26)(H,25,28)/t20-/m0/s1. The Labute approximate surface area is 176 Å². The van der Waals surface area contributed by atoms with Gasteiger partial charge in [-0.05, 0) is 36.6 Å². The van der Waals surface area contributed by atoms with Gasteiger partial charge in [-0.3, -0.25) is 4.79 Å². The Morgan fingerprint density at radius 3 is 2.90 bits per heavy atom. The first-order chi connectivity index (χ1) is 14.4. The van der Waals surface area contributed by atoms with E-state index in [1.54, 1.807) is 18.4 Å². The number of thioether (sulfide) groups is 1. The first-order valence-corrected chi connectivity index (χ1v) is 9.62. The molecule has 1 aromatic carbocycles. The lowest BCUT2D eigenvalue weighted by Crippen LogP contribution is -2.25. The molecule has 30 heavy (non-hydrogen) atoms. The van der Waals surface area contributed by atoms with Crippen LogP contribution in [-0.4, -0.2) is 39.4 Å². The van der Waals surface area contributed by atoms with Crippen LogP contribution in [0.2, 0.25) is 0 Å². The number of hydrogen-bond acceptors (Lipinski definition) is 8. The second-order valence-corrected chi connectivity index (χ2v) is 7.13. The number of rotatable bonds is 5. The van der Waals surface area contributed by atoms with Crippen molar-refractivity contribution in [2.75, 3.05) is 18.5 Å². The molecule has 0 radical (unpaired) electrons. The number of aliphatic imine (C=N–C) groups is 1. The first kappa shape index (κ1) is 21.3. The molecule has 0 bridgehead atoms. The summed E-state index contributed by atoms with van der Waals surface area (Å²) in [6, 6.07) is 4.21. The van der Waals surface area contributed by atoms with Crippen LogP contribution in [0, 0.1) is 17.7 Å². The number of hydrogen-bond donors (Lipinski definition) is 3. The minimum atomic E-state index is -0.974. The van der Waals surface area contributed by atoms with Crippen molar-refractivity contribution >= 4 is 28.5 Å². The molecular weight excluding hydrogens is 409 g/mol. The van der Waals surface area contributed by atoms with Crippen LogP contribution in [0.5, 0.6) is 5.88 Å². The third-order valence-electron chi connectivity index (χ3n) is 4.05. The molecule has 0 aliphatic carbocycles. The molecule has 2 aromatic rings. The van der Waals surface area contributed by atoms with E-state index >= 15 is 0 Å². The second kappa shape index (κ2) is 9.39. The van der Waals surface area contributed by atoms with Crippen LogP contribution in [0.3, 0.4) is 0 Å². The molecule has 154 valence electrons. The summed E-state index contributed by atoms with van der Waals surface area (Å²) >= 11 is 1.25. The predicted octanol–water partition coefficient (Wildman–Crippen LogP) is 2.03. The number of carbonyl (C=O) groups is 1. The van der Waals surface area contributed by atoms with Crippen molar-refractivity contribution < 1.29 is 19.0 Å². The fraction of sp³-hybridized carbons (Fsp3) is 0.200. The molecule has 0 spiro atoms. The number of ether oxygens (including phenoxy) is 1. The minimum Gasteiger partial charge on any atom is -0.463 e. The average molecular weight is 427 g/mol. The highest BCUT2D eigenvalue weighted by molar-refractivity contribution is 8.16. The van der Waals surface area contributed by atoms with E-state index in [0.717, 1.165) is 0 Å². The number of amidine groups is 1. The Morgan fingerprint density at radius 1 is 1.37 bits per heavy atom. The monoisotopic (exact) mass is 427 g/mol. The van der Waals surface area contributed by atoms with Gasteiger partial charge in [-0.25, -0.2) is 19.4 Å². The molecule has 1 aliphatic heterocycles. The zero-order chi connectivity index (χ0) is 21.6. The Balaban J connectivity index is 1.73. The normalized spacial score (nSPS) is 17.5. The fourth-order valence-corrected chi connectivity index (χ4v) is 3.30. The topological polar surface area (TPSA) is 123 Å². The molecule has 1 aromatic heterocycles. The summed E-state index contributed by atoms with van der Waals surface area (Å²) < 4.78 is 19.7. The Bertz CT molecular complexity index is 1060. The molecule has 1 aliphatic rings. The van der Waals surface area contributed by atoms with Crippen molar-refractivity contribution in [1.82, 2.24) is 9.97 Å². The van der Waals surface area contributed by atoms with E-state index in [1.807, 2.05) is 0 Å². The summed E-state index contributed by atoms with van der Waals surface area (Å²) in [7, 11) is 0. The molecule has 0 saturated carbocycles. The third-order valence-corrected chi connectivity index (χ3v) is 4.66. The summed E-state index contributed by atoms with van der Waals surface area (Å²) in [5.74, 6) is 4.21. The first-order valence-electron chi connectivity index (χ1n) is 8.74. The number of aromatic nitrogens is 2. The highest BCUT2D eigenvalue weighted by atomic mass is 32.2. The summed E-state index contributed by atoms with van der Waals surface area (Å²) in [5.41, 5.74) is 5.51. The van der Waals surface area contributed by atoms with Gasteiger partial charge in [0, 0.05) is 11.3 Å². The predicted molar refractivity (Wildman–Crippen MR) is 112 cm³/mol. The van der Waals surface area contributed by atoms with E-state index in [9.17, 15) is 9.18 Å². The third kappa shape index (κ3) is 5.14. The van der Waals surface area contributed by atoms with E-state index in [4.69, 9.17) is 15.6 Å². The number of nitrogens with zero attached hydrogens (tertiary/aromatic N) is 3. The van der Waals surface area contributed by atoms with E-state index in [1.165, 1.54) is 42.4 Å². The Morgan fingerprint density at radius 2 is 2.20 bits per heavy atom. The van der Waals surface area contributed by atoms with Crippen molar-refractivity contribution in [2.24, 2.45) is 10.7 Å². The van der Waals surface area contributed by atoms with Gasteiger partial charge in [-0.15, -0.1) is 0 Å². The molecule has 10 heteroatoms. The van der Waals surface area contributed by atoms with Gasteiger partial charge in [0.15, 0.2) is 11.8 Å². The van der Waals surface area contributed by atoms with Crippen molar-refractivity contribution in [3.8, 4) is 17.7 Å². The number of amides is 1. The van der Waals surface area contributed by atoms with E-state index < -0.39 is 17.3 Å². The zero-order valence-electron chi connectivity index (χ0n) is 15.9. The number of carbonyl (C=O) groups excluding carboxylic acids is 1. The maximum Gasteiger partial charge on any atom is 0.275 e. The van der Waals surface area contributed by atoms with Gasteiger partial charge < -0.3 is 20.9 Å². The summed E-state index contributed by atoms with van der Waals surface area (Å²) in [6.07, 6.45) is 4.28. The molecule has 0 fully saturated rings. The molecule has 0 saturated heterocycles. The van der Waals surface area contributed by atoms with Crippen molar-refractivity contribution in [3.05, 3.63) is 59.2 Å². The molecule has 1 atom stereocenters. The van der Waals surface area contributed by atoms with Gasteiger partial charge >= 0.3 is 0 Å². The van der Waals surface area contributed by atoms with Crippen LogP contribution in [0.4, 0.5) is 10.1 Å². The molecular formula is C20H18FN5O3S. The van der Waals surface area contributed by atoms with Crippen molar-refractivity contribution in [1.29, 1.82) is 0 Å². The highest BCUT2D eigenvalue weighted by Gasteiger charge is 2.29. The number of benzene rings is 1. The number of nitrogens with two attached hydrogens (primary N) is 1. The zero-order valence-corrected chi connectivity index (χ0v) is 16.7. The number of aliphatic hydroxyl groups excluding tert-OH is 1. The lowest BCUT2D eigenvalue weighted by molar-refractivity contribution is 0.102. The average Bonchev–Trinajstić information content (AvgIpc) is 2.73. The van der Waals surface area contributed by atoms with Gasteiger partial charge in [-0.2, -0.15) is 0 Å². The molecule has 4 N–H and O–H groups in total. The molecule has 2 heterocycles. The quantitative estimate of drug-likeness (QED) is 0.624. The van der Waals surface area contributed by atoms with E-state index in [0.29, 0.717) is 10.9 Å². The SMILES string of the molecule is C[C@@]1(c2cc(NC(=O)c3cnc(OCC#CCO)cn3)ccc2F)C=CSC(N)=N1. The lowest BCUT2D eigenvalue weighted by atomic mass is 9.92. The van der Waals surface area contributed by atoms with Gasteiger partial charge in [0.25, 0.3) is 5.91 Å². The maximum atomic E-state index is 14.5. The summed E-state index contributed by atoms with van der Waals surface area (Å²) in [4.78, 5) is 24.8. The molecule has 1 amide bonds. The smallest absolute Gasteiger partial charge is 0.275 e. The van der Waals surface area contributed by atoms with E-state index in [2.05, 4.69) is 32.1 Å². The maximum absolute atomic E-state index is 14.5. The molecule has 8 nitrogen and oxygen atoms in total. The number of aliphatic hydroxyl groups is 1. The van der Waals surface area contributed by atoms with Crippen LogP contribution in [-0.2, 0) is 5.54 Å². The van der Waals surface area contributed by atoms with Gasteiger partial charge in [0.1, 0.15) is 23.7 Å². The van der Waals surface area contributed by atoms with Gasteiger partial charge in [0.05, 0.1) is 12.4 Å². The number of halogens is 1. The minimum absolute atomic E-state index is 0.0395. The van der Waals surface area contributed by atoms with Gasteiger partial charge in [0.2, 0.25) is 5.88 Å². The van der Waals surface area contributed by atoms with Crippen LogP contribution in [0.15, 0.2) is 47.1 Å². The van der Waals surface area contributed by atoms with Crippen LogP contribution < -0.4 is 15.8 Å². The Kier molecular flexibility index (Phi) is 6.66. The van der Waals surface area contributed by atoms with Crippen molar-refractivity contribution in [2.45, 2.75) is 12.5 Å². The highest BCUT2D eigenvalue weighted by Crippen LogP contribution is 2.35. The van der Waals surface area contributed by atoms with Gasteiger partial charge in [-0.1, -0.05) is 23.6 Å². The molecule has 3 rings (SSSR count). The number of anilines is 1. The van der Waals surface area contributed by atoms with Crippen LogP contribution in [0.25, 0.3) is 0 Å². The number of nitrogens with one attached hydrogen (secondary N) is 1.